The molecule has 0 aliphatic heterocycles. The molecule has 4 nitrogen and oxygen atoms in total. The average Bonchev–Trinajstić information content (AvgIpc) is 2.90. The molecule has 1 atom stereocenters. The minimum atomic E-state index is -3.06. The number of alkyl halides is 2. The van der Waals surface area contributed by atoms with Crippen LogP contribution in [0, 0.1) is 0 Å². The first-order valence-electron chi connectivity index (χ1n) is 5.47. The van der Waals surface area contributed by atoms with Crippen molar-refractivity contribution in [2.45, 2.75) is 24.5 Å². The number of rotatable bonds is 4. The van der Waals surface area contributed by atoms with Gasteiger partial charge in [-0.05, 0) is 5.56 Å². The molecule has 6 heteroatoms. The van der Waals surface area contributed by atoms with E-state index in [0.717, 1.165) is 5.56 Å². The monoisotopic (exact) mass is 257 g/mol. The standard InChI is InChI=1S/C12H13F2NO3/c13-12(14)7-11(12,8-16)15-10(17)18-6-9-4-2-1-3-5-9/h1-5,16H,6-8H2,(H,15,17)/t11-/m1/s1. The Bertz CT molecular complexity index is 438. The number of amides is 1. The molecule has 0 bridgehead atoms. The zero-order chi connectivity index (χ0) is 13.2. The highest BCUT2D eigenvalue weighted by atomic mass is 19.3. The predicted molar refractivity (Wildman–Crippen MR) is 59.1 cm³/mol. The van der Waals surface area contributed by atoms with Crippen LogP contribution < -0.4 is 5.32 Å². The summed E-state index contributed by atoms with van der Waals surface area (Å²) in [5.74, 6) is -3.06. The summed E-state index contributed by atoms with van der Waals surface area (Å²) in [6.45, 7) is -0.805. The second kappa shape index (κ2) is 4.53. The number of aliphatic hydroxyl groups excluding tert-OH is 1. The fourth-order valence-corrected chi connectivity index (χ4v) is 1.64. The molecule has 0 radical (unpaired) electrons. The van der Waals surface area contributed by atoms with Gasteiger partial charge in [-0.25, -0.2) is 13.6 Å². The van der Waals surface area contributed by atoms with Gasteiger partial charge in [-0.3, -0.25) is 0 Å². The summed E-state index contributed by atoms with van der Waals surface area (Å²) in [5, 5.41) is 10.9. The maximum Gasteiger partial charge on any atom is 0.408 e. The number of benzene rings is 1. The van der Waals surface area contributed by atoms with Gasteiger partial charge in [0.05, 0.1) is 6.61 Å². The van der Waals surface area contributed by atoms with E-state index in [4.69, 9.17) is 9.84 Å². The molecule has 1 aliphatic rings. The Labute approximate surface area is 103 Å². The molecule has 0 saturated heterocycles. The Kier molecular flexibility index (Phi) is 3.21. The van der Waals surface area contributed by atoms with Crippen LogP contribution in [-0.4, -0.2) is 29.3 Å². The summed E-state index contributed by atoms with van der Waals surface area (Å²) in [7, 11) is 0. The lowest BCUT2D eigenvalue weighted by molar-refractivity contribution is 0.0505. The number of hydrogen-bond donors (Lipinski definition) is 2. The number of carbonyl (C=O) groups excluding carboxylic acids is 1. The Balaban J connectivity index is 1.83. The minimum absolute atomic E-state index is 0.000245. The first-order chi connectivity index (χ1) is 8.49. The molecule has 0 aromatic heterocycles. The van der Waals surface area contributed by atoms with Gasteiger partial charge in [-0.2, -0.15) is 0 Å². The van der Waals surface area contributed by atoms with E-state index in [9.17, 15) is 13.6 Å². The molecule has 0 unspecified atom stereocenters. The summed E-state index contributed by atoms with van der Waals surface area (Å²) in [6, 6.07) is 8.87. The molecule has 1 aromatic carbocycles. The van der Waals surface area contributed by atoms with Crippen LogP contribution in [0.4, 0.5) is 13.6 Å². The van der Waals surface area contributed by atoms with Crippen LogP contribution in [0.15, 0.2) is 30.3 Å². The van der Waals surface area contributed by atoms with Crippen molar-refractivity contribution < 1.29 is 23.4 Å². The fourth-order valence-electron chi connectivity index (χ4n) is 1.64. The van der Waals surface area contributed by atoms with Gasteiger partial charge in [-0.15, -0.1) is 0 Å². The largest absolute Gasteiger partial charge is 0.445 e. The zero-order valence-corrected chi connectivity index (χ0v) is 9.53. The first-order valence-corrected chi connectivity index (χ1v) is 5.47. The summed E-state index contributed by atoms with van der Waals surface area (Å²) in [4.78, 5) is 11.3. The van der Waals surface area contributed by atoms with E-state index in [1.807, 2.05) is 11.4 Å². The van der Waals surface area contributed by atoms with E-state index in [1.165, 1.54) is 0 Å². The highest BCUT2D eigenvalue weighted by Gasteiger charge is 2.72. The second-order valence-electron chi connectivity index (χ2n) is 4.31. The number of aliphatic hydroxyl groups is 1. The van der Waals surface area contributed by atoms with Crippen LogP contribution in [-0.2, 0) is 11.3 Å². The summed E-state index contributed by atoms with van der Waals surface area (Å²) in [6.07, 6.45) is -1.51. The molecular weight excluding hydrogens is 244 g/mol. The smallest absolute Gasteiger partial charge is 0.408 e. The first kappa shape index (κ1) is 12.8. The number of carbonyl (C=O) groups is 1. The van der Waals surface area contributed by atoms with Gasteiger partial charge in [0.2, 0.25) is 0 Å². The van der Waals surface area contributed by atoms with Crippen LogP contribution >= 0.6 is 0 Å². The lowest BCUT2D eigenvalue weighted by Crippen LogP contribution is -2.44. The number of alkyl carbamates (subject to hydrolysis) is 1. The molecule has 0 heterocycles. The maximum absolute atomic E-state index is 12.9. The Hall–Kier alpha value is -1.69. The van der Waals surface area contributed by atoms with Crippen LogP contribution in [0.25, 0.3) is 0 Å². The van der Waals surface area contributed by atoms with Crippen molar-refractivity contribution in [3.63, 3.8) is 0 Å². The molecule has 1 amide bonds. The highest BCUT2D eigenvalue weighted by molar-refractivity contribution is 5.69. The Morgan fingerprint density at radius 2 is 2.00 bits per heavy atom. The van der Waals surface area contributed by atoms with Crippen molar-refractivity contribution in [2.24, 2.45) is 0 Å². The summed E-state index contributed by atoms with van der Waals surface area (Å²) in [5.41, 5.74) is -1.09. The highest BCUT2D eigenvalue weighted by Crippen LogP contribution is 2.52. The van der Waals surface area contributed by atoms with Crippen molar-refractivity contribution in [1.29, 1.82) is 0 Å². The van der Waals surface area contributed by atoms with Crippen LogP contribution in [0.3, 0.4) is 0 Å². The summed E-state index contributed by atoms with van der Waals surface area (Å²) >= 11 is 0. The number of ether oxygens (including phenoxy) is 1. The van der Waals surface area contributed by atoms with E-state index >= 15 is 0 Å². The fraction of sp³-hybridized carbons (Fsp3) is 0.417. The van der Waals surface area contributed by atoms with Crippen molar-refractivity contribution in [3.05, 3.63) is 35.9 Å². The molecule has 2 N–H and O–H groups in total. The number of nitrogens with one attached hydrogen (secondary N) is 1. The van der Waals surface area contributed by atoms with E-state index in [1.54, 1.807) is 24.3 Å². The van der Waals surface area contributed by atoms with Gasteiger partial charge >= 0.3 is 6.09 Å². The molecule has 98 valence electrons. The summed E-state index contributed by atoms with van der Waals surface area (Å²) < 4.78 is 30.7. The normalized spacial score (nSPS) is 24.4. The van der Waals surface area contributed by atoms with Gasteiger partial charge < -0.3 is 15.2 Å². The third kappa shape index (κ3) is 2.43. The minimum Gasteiger partial charge on any atom is -0.445 e. The van der Waals surface area contributed by atoms with Crippen molar-refractivity contribution in [1.82, 2.24) is 5.32 Å². The van der Waals surface area contributed by atoms with Gasteiger partial charge in [0.15, 0.2) is 0 Å². The zero-order valence-electron chi connectivity index (χ0n) is 9.53. The second-order valence-corrected chi connectivity index (χ2v) is 4.31. The van der Waals surface area contributed by atoms with E-state index in [0.29, 0.717) is 0 Å². The molecule has 0 spiro atoms. The van der Waals surface area contributed by atoms with Gasteiger partial charge in [0.25, 0.3) is 5.92 Å². The molecule has 1 aromatic rings. The molecule has 18 heavy (non-hydrogen) atoms. The van der Waals surface area contributed by atoms with E-state index < -0.39 is 30.6 Å². The third-order valence-corrected chi connectivity index (χ3v) is 2.92. The number of hydrogen-bond acceptors (Lipinski definition) is 3. The van der Waals surface area contributed by atoms with E-state index in [-0.39, 0.29) is 6.61 Å². The molecule has 1 aliphatic carbocycles. The lowest BCUT2D eigenvalue weighted by Gasteiger charge is -2.15. The van der Waals surface area contributed by atoms with Gasteiger partial charge in [-0.1, -0.05) is 30.3 Å². The van der Waals surface area contributed by atoms with Gasteiger partial charge in [0, 0.05) is 6.42 Å². The quantitative estimate of drug-likeness (QED) is 0.862. The van der Waals surface area contributed by atoms with Crippen LogP contribution in [0.1, 0.15) is 12.0 Å². The van der Waals surface area contributed by atoms with Crippen LogP contribution in [0.2, 0.25) is 0 Å². The maximum atomic E-state index is 12.9. The molecule has 1 saturated carbocycles. The van der Waals surface area contributed by atoms with Crippen molar-refractivity contribution >= 4 is 6.09 Å². The Morgan fingerprint density at radius 1 is 1.39 bits per heavy atom. The van der Waals surface area contributed by atoms with Crippen molar-refractivity contribution in [3.8, 4) is 0 Å². The predicted octanol–water partition coefficient (Wildman–Crippen LogP) is 1.68. The van der Waals surface area contributed by atoms with Crippen molar-refractivity contribution in [2.75, 3.05) is 6.61 Å². The molecule has 2 rings (SSSR count). The molecule has 1 fully saturated rings. The van der Waals surface area contributed by atoms with Crippen LogP contribution in [0.5, 0.6) is 0 Å². The number of halogens is 2. The van der Waals surface area contributed by atoms with Gasteiger partial charge in [0.1, 0.15) is 12.1 Å². The Morgan fingerprint density at radius 3 is 2.50 bits per heavy atom. The molecular formula is C12H13F2NO3. The third-order valence-electron chi connectivity index (χ3n) is 2.92. The average molecular weight is 257 g/mol. The van der Waals surface area contributed by atoms with E-state index in [2.05, 4.69) is 0 Å². The lowest BCUT2D eigenvalue weighted by atomic mass is 10.2. The SMILES string of the molecule is O=C(N[C@@]1(CO)CC1(F)F)OCc1ccccc1. The topological polar surface area (TPSA) is 58.6 Å².